The number of halogens is 1. The molecule has 9 heteroatoms. The van der Waals surface area contributed by atoms with Gasteiger partial charge in [0, 0.05) is 38.4 Å². The fourth-order valence-electron chi connectivity index (χ4n) is 5.48. The second-order valence-corrected chi connectivity index (χ2v) is 11.8. The number of fused-ring (bicyclic) bond motifs is 1. The first-order valence-corrected chi connectivity index (χ1v) is 14.1. The molecule has 3 aromatic carbocycles. The minimum absolute atomic E-state index is 0.236. The lowest BCUT2D eigenvalue weighted by Crippen LogP contribution is -2.36. The summed E-state index contributed by atoms with van der Waals surface area (Å²) >= 11 is 0. The summed E-state index contributed by atoms with van der Waals surface area (Å²) in [6.07, 6.45) is 0. The maximum absolute atomic E-state index is 14.7. The van der Waals surface area contributed by atoms with Gasteiger partial charge in [0.05, 0.1) is 23.8 Å². The number of hydrogen-bond acceptors (Lipinski definition) is 6. The molecule has 2 unspecified atom stereocenters. The van der Waals surface area contributed by atoms with Crippen molar-refractivity contribution in [3.63, 3.8) is 0 Å². The molecule has 1 N–H and O–H groups in total. The van der Waals surface area contributed by atoms with Crippen LogP contribution in [0, 0.1) is 23.6 Å². The quantitative estimate of drug-likeness (QED) is 0.471. The van der Waals surface area contributed by atoms with Crippen molar-refractivity contribution in [2.75, 3.05) is 56.2 Å². The Kier molecular flexibility index (Phi) is 6.52. The van der Waals surface area contributed by atoms with E-state index in [1.54, 1.807) is 34.6 Å². The van der Waals surface area contributed by atoms with Crippen LogP contribution >= 0.6 is 0 Å². The summed E-state index contributed by atoms with van der Waals surface area (Å²) in [5.41, 5.74) is 1.36. The number of sulfonamides is 1. The maximum Gasteiger partial charge on any atom is 0.243 e. The fourth-order valence-corrected chi connectivity index (χ4v) is 6.99. The molecule has 0 bridgehead atoms. The van der Waals surface area contributed by atoms with E-state index in [4.69, 9.17) is 9.47 Å². The second kappa shape index (κ2) is 9.96. The minimum Gasteiger partial charge on any atom is -0.457 e. The molecule has 0 aromatic heterocycles. The van der Waals surface area contributed by atoms with Gasteiger partial charge in [-0.2, -0.15) is 4.31 Å². The van der Waals surface area contributed by atoms with Gasteiger partial charge in [-0.1, -0.05) is 18.2 Å². The lowest BCUT2D eigenvalue weighted by atomic mass is 10.2. The molecule has 2 atom stereocenters. The molecular formula is C28H30FN3O4S. The Balaban J connectivity index is 1.01. The van der Waals surface area contributed by atoms with E-state index in [2.05, 4.69) is 5.32 Å². The van der Waals surface area contributed by atoms with Crippen LogP contribution in [0.25, 0.3) is 0 Å². The van der Waals surface area contributed by atoms with Gasteiger partial charge >= 0.3 is 0 Å². The van der Waals surface area contributed by atoms with Gasteiger partial charge in [0.25, 0.3) is 0 Å². The summed E-state index contributed by atoms with van der Waals surface area (Å²) in [6.45, 7) is 4.37. The van der Waals surface area contributed by atoms with Crippen LogP contribution in [0.2, 0.25) is 0 Å². The average molecular weight is 524 g/mol. The zero-order valence-corrected chi connectivity index (χ0v) is 21.2. The van der Waals surface area contributed by atoms with Gasteiger partial charge in [-0.05, 0) is 72.4 Å². The first-order valence-electron chi connectivity index (χ1n) is 12.7. The molecule has 0 amide bonds. The Morgan fingerprint density at radius 2 is 1.59 bits per heavy atom. The predicted molar refractivity (Wildman–Crippen MR) is 140 cm³/mol. The van der Waals surface area contributed by atoms with E-state index >= 15 is 0 Å². The zero-order chi connectivity index (χ0) is 25.4. The zero-order valence-electron chi connectivity index (χ0n) is 20.4. The Bertz CT molecular complexity index is 1340. The van der Waals surface area contributed by atoms with E-state index < -0.39 is 10.0 Å². The van der Waals surface area contributed by atoms with Gasteiger partial charge in [0.2, 0.25) is 10.0 Å². The molecule has 3 fully saturated rings. The van der Waals surface area contributed by atoms with Crippen LogP contribution in [-0.2, 0) is 14.8 Å². The number of rotatable bonds is 8. The number of morpholine rings is 1. The molecule has 2 heterocycles. The first kappa shape index (κ1) is 24.2. The number of hydrogen-bond donors (Lipinski definition) is 1. The molecule has 6 rings (SSSR count). The lowest BCUT2D eigenvalue weighted by molar-refractivity contribution is 0.122. The smallest absolute Gasteiger partial charge is 0.243 e. The van der Waals surface area contributed by atoms with Crippen molar-refractivity contribution in [3.8, 4) is 11.5 Å². The van der Waals surface area contributed by atoms with E-state index in [1.165, 1.54) is 0 Å². The summed E-state index contributed by atoms with van der Waals surface area (Å²) in [7, 11) is -3.55. The molecule has 37 heavy (non-hydrogen) atoms. The lowest BCUT2D eigenvalue weighted by Gasteiger charge is -2.29. The standard InChI is InChI=1S/C28H30FN3O4S/c29-27-16-20(6-11-28(27)31-12-14-35-15-13-31)30-17-24-25-18-32(19-26(24)25)37(33,34)23-9-7-22(8-10-23)36-21-4-2-1-3-5-21/h1-11,16,24-26,30H,12-15,17-19H2. The normalized spacial score (nSPS) is 23.5. The van der Waals surface area contributed by atoms with Gasteiger partial charge in [-0.3, -0.25) is 0 Å². The number of ether oxygens (including phenoxy) is 2. The molecule has 2 aliphatic heterocycles. The third-order valence-electron chi connectivity index (χ3n) is 7.62. The highest BCUT2D eigenvalue weighted by Gasteiger charge is 2.57. The summed E-state index contributed by atoms with van der Waals surface area (Å²) in [5.74, 6) is 2.12. The van der Waals surface area contributed by atoms with E-state index in [0.717, 1.165) is 5.69 Å². The monoisotopic (exact) mass is 523 g/mol. The molecule has 7 nitrogen and oxygen atoms in total. The highest BCUT2D eigenvalue weighted by molar-refractivity contribution is 7.89. The third kappa shape index (κ3) is 5.03. The number of nitrogens with zero attached hydrogens (tertiary/aromatic N) is 2. The Labute approximate surface area is 216 Å². The van der Waals surface area contributed by atoms with Gasteiger partial charge in [0.15, 0.2) is 0 Å². The maximum atomic E-state index is 14.7. The Morgan fingerprint density at radius 3 is 2.27 bits per heavy atom. The van der Waals surface area contributed by atoms with Gasteiger partial charge in [-0.15, -0.1) is 0 Å². The minimum atomic E-state index is -3.55. The molecule has 1 aliphatic carbocycles. The number of para-hydroxylation sites is 1. The Hall–Kier alpha value is -3.14. The van der Waals surface area contributed by atoms with Crippen molar-refractivity contribution in [2.24, 2.45) is 17.8 Å². The highest BCUT2D eigenvalue weighted by Crippen LogP contribution is 2.52. The molecule has 2 saturated heterocycles. The van der Waals surface area contributed by atoms with Crippen LogP contribution in [0.3, 0.4) is 0 Å². The molecule has 0 radical (unpaired) electrons. The molecule has 3 aliphatic rings. The van der Waals surface area contributed by atoms with Crippen LogP contribution < -0.4 is 15.0 Å². The van der Waals surface area contributed by atoms with E-state index in [9.17, 15) is 12.8 Å². The number of anilines is 2. The summed E-state index contributed by atoms with van der Waals surface area (Å²) in [4.78, 5) is 2.28. The first-order chi connectivity index (χ1) is 18.0. The van der Waals surface area contributed by atoms with Crippen molar-refractivity contribution in [3.05, 3.63) is 78.6 Å². The van der Waals surface area contributed by atoms with Gasteiger partial charge in [-0.25, -0.2) is 12.8 Å². The van der Waals surface area contributed by atoms with Crippen molar-refractivity contribution < 1.29 is 22.3 Å². The Morgan fingerprint density at radius 1 is 0.919 bits per heavy atom. The highest BCUT2D eigenvalue weighted by atomic mass is 32.2. The van der Waals surface area contributed by atoms with Crippen LogP contribution in [0.15, 0.2) is 77.7 Å². The largest absolute Gasteiger partial charge is 0.457 e. The third-order valence-corrected chi connectivity index (χ3v) is 9.47. The van der Waals surface area contributed by atoms with E-state index in [-0.39, 0.29) is 10.7 Å². The molecule has 194 valence electrons. The molecule has 0 spiro atoms. The second-order valence-electron chi connectivity index (χ2n) is 9.85. The summed E-state index contributed by atoms with van der Waals surface area (Å²) in [5, 5.41) is 3.35. The summed E-state index contributed by atoms with van der Waals surface area (Å²) < 4.78 is 53.7. The predicted octanol–water partition coefficient (Wildman–Crippen LogP) is 4.43. The topological polar surface area (TPSA) is 71.1 Å². The van der Waals surface area contributed by atoms with E-state index in [1.807, 2.05) is 47.4 Å². The van der Waals surface area contributed by atoms with Gasteiger partial charge < -0.3 is 19.7 Å². The van der Waals surface area contributed by atoms with Crippen molar-refractivity contribution >= 4 is 21.4 Å². The SMILES string of the molecule is O=S(=O)(c1ccc(Oc2ccccc2)cc1)N1CC2C(CNc3ccc(N4CCOCC4)c(F)c3)C2C1. The summed E-state index contributed by atoms with van der Waals surface area (Å²) in [6, 6.07) is 21.2. The number of piperidine rings is 1. The molecule has 3 aromatic rings. The van der Waals surface area contributed by atoms with Crippen molar-refractivity contribution in [1.29, 1.82) is 0 Å². The molecular weight excluding hydrogens is 493 g/mol. The van der Waals surface area contributed by atoms with Crippen molar-refractivity contribution in [1.82, 2.24) is 4.31 Å². The van der Waals surface area contributed by atoms with Crippen LogP contribution in [0.4, 0.5) is 15.8 Å². The van der Waals surface area contributed by atoms with Crippen LogP contribution in [0.1, 0.15) is 0 Å². The van der Waals surface area contributed by atoms with Gasteiger partial charge in [0.1, 0.15) is 17.3 Å². The number of nitrogens with one attached hydrogen (secondary N) is 1. The van der Waals surface area contributed by atoms with E-state index in [0.29, 0.717) is 80.9 Å². The molecule has 1 saturated carbocycles. The van der Waals surface area contributed by atoms with Crippen LogP contribution in [0.5, 0.6) is 11.5 Å². The number of benzene rings is 3. The fraction of sp³-hybridized carbons (Fsp3) is 0.357. The van der Waals surface area contributed by atoms with Crippen molar-refractivity contribution in [2.45, 2.75) is 4.90 Å². The van der Waals surface area contributed by atoms with Crippen LogP contribution in [-0.4, -0.2) is 58.7 Å². The average Bonchev–Trinajstić information content (AvgIpc) is 3.36.